The first-order valence-electron chi connectivity index (χ1n) is 17.0. The summed E-state index contributed by atoms with van der Waals surface area (Å²) in [6.45, 7) is 12.4. The third-order valence-corrected chi connectivity index (χ3v) is 12.9. The third-order valence-electron chi connectivity index (χ3n) is 8.35. The van der Waals surface area contributed by atoms with Gasteiger partial charge in [0.15, 0.2) is 0 Å². The fourth-order valence-corrected chi connectivity index (χ4v) is 10.2. The van der Waals surface area contributed by atoms with Crippen LogP contribution in [0.1, 0.15) is 67.4 Å². The molecule has 0 spiro atoms. The first-order valence-corrected chi connectivity index (χ1v) is 20.2. The standard InChI is InChI=1S/C40H48O8P2/c1-7-34-28-30(3)27-33(6)38(34)40(42)50(44,36-17-12-9-13-18-36)47-20-14-19-45-21-22-46-23-24-48-49(43,35-15-10-8-11-16-35)39(41)37-31(4)25-29(2)26-32(37)5/h8-13,15-18,25-28H,7,14,19-24H2,1-6H3. The molecule has 2 atom stereocenters. The van der Waals surface area contributed by atoms with Gasteiger partial charge in [0, 0.05) is 28.3 Å². The minimum Gasteiger partial charge on any atom is -0.379 e. The molecule has 266 valence electrons. The smallest absolute Gasteiger partial charge is 0.300 e. The zero-order chi connectivity index (χ0) is 36.3. The predicted octanol–water partition coefficient (Wildman–Crippen LogP) is 8.44. The molecule has 0 aliphatic heterocycles. The number of hydrogen-bond donors (Lipinski definition) is 0. The summed E-state index contributed by atoms with van der Waals surface area (Å²) < 4.78 is 51.6. The van der Waals surface area contributed by atoms with Crippen LogP contribution >= 0.6 is 14.7 Å². The second-order valence-corrected chi connectivity index (χ2v) is 16.9. The van der Waals surface area contributed by atoms with Gasteiger partial charge in [0.1, 0.15) is 0 Å². The Balaban J connectivity index is 1.26. The highest BCUT2D eigenvalue weighted by Gasteiger charge is 2.39. The second-order valence-electron chi connectivity index (χ2n) is 12.4. The van der Waals surface area contributed by atoms with Crippen LogP contribution in [0.4, 0.5) is 0 Å². The molecule has 0 amide bonds. The monoisotopic (exact) mass is 718 g/mol. The van der Waals surface area contributed by atoms with E-state index >= 15 is 0 Å². The van der Waals surface area contributed by atoms with E-state index in [0.717, 1.165) is 33.4 Å². The Kier molecular flexibility index (Phi) is 14.3. The van der Waals surface area contributed by atoms with Gasteiger partial charge in [0.2, 0.25) is 0 Å². The van der Waals surface area contributed by atoms with E-state index in [2.05, 4.69) is 0 Å². The van der Waals surface area contributed by atoms with Gasteiger partial charge in [-0.2, -0.15) is 0 Å². The van der Waals surface area contributed by atoms with Gasteiger partial charge in [0.25, 0.3) is 11.0 Å². The number of rotatable bonds is 19. The molecule has 0 bridgehead atoms. The van der Waals surface area contributed by atoms with Crippen LogP contribution < -0.4 is 10.6 Å². The molecule has 50 heavy (non-hydrogen) atoms. The van der Waals surface area contributed by atoms with Crippen LogP contribution in [0.25, 0.3) is 0 Å². The topological polar surface area (TPSA) is 105 Å². The van der Waals surface area contributed by atoms with Crippen molar-refractivity contribution in [3.8, 4) is 0 Å². The normalized spacial score (nSPS) is 13.8. The zero-order valence-corrected chi connectivity index (χ0v) is 31.7. The van der Waals surface area contributed by atoms with Crippen molar-refractivity contribution in [1.82, 2.24) is 0 Å². The third kappa shape index (κ3) is 9.44. The van der Waals surface area contributed by atoms with Crippen molar-refractivity contribution >= 4 is 36.4 Å². The van der Waals surface area contributed by atoms with Crippen LogP contribution in [0, 0.1) is 34.6 Å². The Morgan fingerprint density at radius 1 is 0.540 bits per heavy atom. The van der Waals surface area contributed by atoms with Gasteiger partial charge in [0.05, 0.1) is 33.0 Å². The molecular formula is C40H48O8P2. The van der Waals surface area contributed by atoms with Crippen molar-refractivity contribution in [3.05, 3.63) is 129 Å². The molecule has 4 rings (SSSR count). The van der Waals surface area contributed by atoms with Gasteiger partial charge in [-0.15, -0.1) is 0 Å². The van der Waals surface area contributed by atoms with Crippen molar-refractivity contribution in [2.75, 3.05) is 39.6 Å². The fourth-order valence-electron chi connectivity index (χ4n) is 6.10. The molecule has 0 saturated carbocycles. The molecule has 8 nitrogen and oxygen atoms in total. The van der Waals surface area contributed by atoms with Crippen molar-refractivity contribution in [1.29, 1.82) is 0 Å². The number of carbonyl (C=O) groups is 2. The van der Waals surface area contributed by atoms with Gasteiger partial charge in [-0.1, -0.05) is 78.7 Å². The Bertz CT molecular complexity index is 1850. The zero-order valence-electron chi connectivity index (χ0n) is 29.9. The second kappa shape index (κ2) is 18.1. The van der Waals surface area contributed by atoms with Crippen molar-refractivity contribution in [2.45, 2.75) is 54.4 Å². The summed E-state index contributed by atoms with van der Waals surface area (Å²) in [4.78, 5) is 27.6. The molecule has 2 unspecified atom stereocenters. The molecule has 0 saturated heterocycles. The lowest BCUT2D eigenvalue weighted by Crippen LogP contribution is -2.19. The van der Waals surface area contributed by atoms with Crippen LogP contribution in [0.3, 0.4) is 0 Å². The van der Waals surface area contributed by atoms with Crippen LogP contribution in [-0.2, 0) is 34.1 Å². The Morgan fingerprint density at radius 3 is 1.48 bits per heavy atom. The molecule has 0 aromatic heterocycles. The predicted molar refractivity (Wildman–Crippen MR) is 200 cm³/mol. The first-order chi connectivity index (χ1) is 23.9. The Labute approximate surface area is 296 Å². The first kappa shape index (κ1) is 39.3. The largest absolute Gasteiger partial charge is 0.379 e. The Morgan fingerprint density at radius 2 is 0.960 bits per heavy atom. The average molecular weight is 719 g/mol. The highest BCUT2D eigenvalue weighted by molar-refractivity contribution is 7.84. The van der Waals surface area contributed by atoms with Gasteiger partial charge in [-0.05, 0) is 94.0 Å². The summed E-state index contributed by atoms with van der Waals surface area (Å²) in [5.41, 5.74) is 5.09. The average Bonchev–Trinajstić information content (AvgIpc) is 3.10. The van der Waals surface area contributed by atoms with Gasteiger partial charge >= 0.3 is 14.7 Å². The molecule has 0 radical (unpaired) electrons. The minimum atomic E-state index is -3.91. The van der Waals surface area contributed by atoms with Crippen LogP contribution in [0.5, 0.6) is 0 Å². The Hall–Kier alpha value is -3.48. The number of aryl methyl sites for hydroxylation is 6. The van der Waals surface area contributed by atoms with E-state index in [0.29, 0.717) is 41.2 Å². The van der Waals surface area contributed by atoms with Crippen molar-refractivity contribution < 1.29 is 37.2 Å². The maximum Gasteiger partial charge on any atom is 0.300 e. The van der Waals surface area contributed by atoms with E-state index in [1.165, 1.54) is 0 Å². The van der Waals surface area contributed by atoms with E-state index in [4.69, 9.17) is 18.5 Å². The molecule has 0 aliphatic carbocycles. The van der Waals surface area contributed by atoms with Gasteiger partial charge in [-0.25, -0.2) is 0 Å². The lowest BCUT2D eigenvalue weighted by Gasteiger charge is -2.21. The summed E-state index contributed by atoms with van der Waals surface area (Å²) >= 11 is 0. The van der Waals surface area contributed by atoms with Gasteiger partial charge in [-0.3, -0.25) is 18.7 Å². The van der Waals surface area contributed by atoms with Crippen LogP contribution in [-0.4, -0.2) is 50.7 Å². The lowest BCUT2D eigenvalue weighted by molar-refractivity contribution is 0.0336. The quantitative estimate of drug-likeness (QED) is 0.0703. The van der Waals surface area contributed by atoms with Crippen LogP contribution in [0.15, 0.2) is 84.9 Å². The molecule has 10 heteroatoms. The number of ether oxygens (including phenoxy) is 2. The highest BCUT2D eigenvalue weighted by atomic mass is 31.2. The number of benzene rings is 4. The summed E-state index contributed by atoms with van der Waals surface area (Å²) in [6.07, 6.45) is 1.05. The summed E-state index contributed by atoms with van der Waals surface area (Å²) in [6, 6.07) is 24.9. The fraction of sp³-hybridized carbons (Fsp3) is 0.350. The van der Waals surface area contributed by atoms with E-state index in [1.54, 1.807) is 54.6 Å². The summed E-state index contributed by atoms with van der Waals surface area (Å²) in [5, 5.41) is 0.708. The molecule has 0 aliphatic rings. The van der Waals surface area contributed by atoms with Crippen LogP contribution in [0.2, 0.25) is 0 Å². The molecule has 0 heterocycles. The SMILES string of the molecule is CCc1cc(C)cc(C)c1C(=O)P(=O)(OCCCOCCOCCOP(=O)(C(=O)c1c(C)cc(C)cc1C)c1ccccc1)c1ccccc1. The van der Waals surface area contributed by atoms with E-state index in [1.807, 2.05) is 71.9 Å². The maximum atomic E-state index is 14.3. The number of hydrogen-bond acceptors (Lipinski definition) is 8. The summed E-state index contributed by atoms with van der Waals surface area (Å²) in [7, 11) is -7.80. The van der Waals surface area contributed by atoms with Crippen molar-refractivity contribution in [3.63, 3.8) is 0 Å². The van der Waals surface area contributed by atoms with Crippen molar-refractivity contribution in [2.24, 2.45) is 0 Å². The van der Waals surface area contributed by atoms with E-state index in [9.17, 15) is 18.7 Å². The maximum absolute atomic E-state index is 14.3. The highest BCUT2D eigenvalue weighted by Crippen LogP contribution is 2.51. The molecule has 4 aromatic rings. The lowest BCUT2D eigenvalue weighted by atomic mass is 9.98. The molecule has 0 fully saturated rings. The van der Waals surface area contributed by atoms with E-state index in [-0.39, 0.29) is 33.0 Å². The molecule has 0 N–H and O–H groups in total. The molecular weight excluding hydrogens is 670 g/mol. The number of carbonyl (C=O) groups excluding carboxylic acids is 2. The minimum absolute atomic E-state index is 0.0429. The van der Waals surface area contributed by atoms with Gasteiger partial charge < -0.3 is 18.5 Å². The summed E-state index contributed by atoms with van der Waals surface area (Å²) in [5.74, 6) is 0. The van der Waals surface area contributed by atoms with E-state index < -0.39 is 25.8 Å². The molecule has 4 aromatic carbocycles.